The number of hydrogen-bond acceptors (Lipinski definition) is 4. The molecule has 0 saturated heterocycles. The van der Waals surface area contributed by atoms with E-state index in [1.54, 1.807) is 6.07 Å². The highest BCUT2D eigenvalue weighted by atomic mass is 35.5. The van der Waals surface area contributed by atoms with Gasteiger partial charge in [-0.2, -0.15) is 0 Å². The number of nitrogens with zero attached hydrogens (tertiary/aromatic N) is 1. The summed E-state index contributed by atoms with van der Waals surface area (Å²) < 4.78 is 26.3. The minimum absolute atomic E-state index is 0.0814. The van der Waals surface area contributed by atoms with Gasteiger partial charge in [-0.3, -0.25) is 9.71 Å². The van der Waals surface area contributed by atoms with Crippen molar-refractivity contribution in [3.63, 3.8) is 0 Å². The molecule has 2 rings (SSSR count). The molecule has 94 valence electrons. The van der Waals surface area contributed by atoms with Crippen LogP contribution in [0.25, 0.3) is 0 Å². The molecule has 1 aromatic heterocycles. The smallest absolute Gasteiger partial charge is 0.263 e. The van der Waals surface area contributed by atoms with E-state index >= 15 is 0 Å². The first-order valence-electron chi connectivity index (χ1n) is 4.97. The number of pyridine rings is 1. The molecular formula is C11H10ClN3O2S. The molecule has 0 aliphatic heterocycles. The number of sulfonamides is 1. The van der Waals surface area contributed by atoms with Gasteiger partial charge in [0, 0.05) is 12.4 Å². The molecule has 0 radical (unpaired) electrons. The molecule has 0 saturated carbocycles. The summed E-state index contributed by atoms with van der Waals surface area (Å²) in [6.45, 7) is 0. The normalized spacial score (nSPS) is 11.2. The van der Waals surface area contributed by atoms with Crippen LogP contribution in [0.1, 0.15) is 0 Å². The zero-order valence-electron chi connectivity index (χ0n) is 9.17. The van der Waals surface area contributed by atoms with Crippen LogP contribution in [0.5, 0.6) is 0 Å². The summed E-state index contributed by atoms with van der Waals surface area (Å²) in [5, 5.41) is 0.293. The van der Waals surface area contributed by atoms with Crippen molar-refractivity contribution in [1.82, 2.24) is 4.98 Å². The van der Waals surface area contributed by atoms with Crippen LogP contribution in [-0.2, 0) is 10.0 Å². The van der Waals surface area contributed by atoms with Gasteiger partial charge >= 0.3 is 0 Å². The molecular weight excluding hydrogens is 274 g/mol. The van der Waals surface area contributed by atoms with E-state index in [4.69, 9.17) is 17.3 Å². The maximum atomic E-state index is 12.0. The summed E-state index contributed by atoms with van der Waals surface area (Å²) in [6, 6.07) is 7.52. The Hall–Kier alpha value is -1.79. The highest BCUT2D eigenvalue weighted by Gasteiger charge is 2.14. The van der Waals surface area contributed by atoms with Crippen molar-refractivity contribution < 1.29 is 8.42 Å². The molecule has 0 aliphatic rings. The Morgan fingerprint density at radius 2 is 2.06 bits per heavy atom. The summed E-state index contributed by atoms with van der Waals surface area (Å²) >= 11 is 5.82. The van der Waals surface area contributed by atoms with Gasteiger partial charge in [-0.15, -0.1) is 0 Å². The number of rotatable bonds is 3. The second-order valence-electron chi connectivity index (χ2n) is 3.53. The number of nitrogen functional groups attached to an aromatic ring is 1. The first-order valence-corrected chi connectivity index (χ1v) is 6.83. The Balaban J connectivity index is 2.31. The molecule has 5 nitrogen and oxygen atoms in total. The second-order valence-corrected chi connectivity index (χ2v) is 5.62. The second kappa shape index (κ2) is 4.83. The zero-order valence-corrected chi connectivity index (χ0v) is 10.7. The summed E-state index contributed by atoms with van der Waals surface area (Å²) in [4.78, 5) is 3.84. The highest BCUT2D eigenvalue weighted by molar-refractivity contribution is 7.92. The van der Waals surface area contributed by atoms with Crippen LogP contribution < -0.4 is 10.5 Å². The molecule has 0 unspecified atom stereocenters. The van der Waals surface area contributed by atoms with Crippen molar-refractivity contribution in [3.8, 4) is 0 Å². The van der Waals surface area contributed by atoms with Gasteiger partial charge in [-0.25, -0.2) is 8.42 Å². The third kappa shape index (κ3) is 2.72. The summed E-state index contributed by atoms with van der Waals surface area (Å²) in [7, 11) is -3.65. The Morgan fingerprint density at radius 1 is 1.28 bits per heavy atom. The molecule has 18 heavy (non-hydrogen) atoms. The number of anilines is 2. The quantitative estimate of drug-likeness (QED) is 0.845. The van der Waals surface area contributed by atoms with E-state index in [0.717, 1.165) is 0 Å². The number of hydrogen-bond donors (Lipinski definition) is 2. The fraction of sp³-hybridized carbons (Fsp3) is 0. The SMILES string of the molecule is Nc1ccc(NS(=O)(=O)c2cccnc2)cc1Cl. The molecule has 7 heteroatoms. The van der Waals surface area contributed by atoms with Crippen LogP contribution in [0, 0.1) is 0 Å². The molecule has 0 aliphatic carbocycles. The van der Waals surface area contributed by atoms with E-state index in [0.29, 0.717) is 16.4 Å². The molecule has 0 atom stereocenters. The van der Waals surface area contributed by atoms with E-state index < -0.39 is 10.0 Å². The maximum absolute atomic E-state index is 12.0. The first-order chi connectivity index (χ1) is 8.49. The molecule has 2 aromatic rings. The van der Waals surface area contributed by atoms with Gasteiger partial charge in [0.05, 0.1) is 16.4 Å². The molecule has 0 amide bonds. The lowest BCUT2D eigenvalue weighted by atomic mass is 10.3. The minimum atomic E-state index is -3.65. The van der Waals surface area contributed by atoms with Crippen LogP contribution in [0.3, 0.4) is 0 Å². The predicted octanol–water partition coefficient (Wildman–Crippen LogP) is 2.12. The van der Waals surface area contributed by atoms with Crippen LogP contribution in [0.4, 0.5) is 11.4 Å². The van der Waals surface area contributed by atoms with Crippen molar-refractivity contribution in [2.45, 2.75) is 4.90 Å². The molecule has 1 aromatic carbocycles. The van der Waals surface area contributed by atoms with Crippen molar-refractivity contribution in [3.05, 3.63) is 47.7 Å². The number of benzene rings is 1. The zero-order chi connectivity index (χ0) is 13.2. The van der Waals surface area contributed by atoms with Gasteiger partial charge in [-0.05, 0) is 30.3 Å². The first kappa shape index (κ1) is 12.7. The van der Waals surface area contributed by atoms with E-state index in [2.05, 4.69) is 9.71 Å². The lowest BCUT2D eigenvalue weighted by molar-refractivity contribution is 0.601. The van der Waals surface area contributed by atoms with E-state index in [1.165, 1.54) is 36.7 Å². The fourth-order valence-corrected chi connectivity index (χ4v) is 2.50. The third-order valence-corrected chi connectivity index (χ3v) is 3.89. The molecule has 0 spiro atoms. The van der Waals surface area contributed by atoms with Crippen LogP contribution in [0.2, 0.25) is 5.02 Å². The molecule has 1 heterocycles. The van der Waals surface area contributed by atoms with Crippen molar-refractivity contribution in [1.29, 1.82) is 0 Å². The third-order valence-electron chi connectivity index (χ3n) is 2.20. The summed E-state index contributed by atoms with van der Waals surface area (Å²) in [5.74, 6) is 0. The topological polar surface area (TPSA) is 85.1 Å². The van der Waals surface area contributed by atoms with Crippen LogP contribution in [-0.4, -0.2) is 13.4 Å². The minimum Gasteiger partial charge on any atom is -0.398 e. The average Bonchev–Trinajstić information content (AvgIpc) is 2.35. The monoisotopic (exact) mass is 283 g/mol. The van der Waals surface area contributed by atoms with Gasteiger partial charge < -0.3 is 5.73 Å². The van der Waals surface area contributed by atoms with Crippen LogP contribution in [0.15, 0.2) is 47.6 Å². The molecule has 0 fully saturated rings. The van der Waals surface area contributed by atoms with E-state index in [1.807, 2.05) is 0 Å². The van der Waals surface area contributed by atoms with Crippen molar-refractivity contribution in [2.24, 2.45) is 0 Å². The largest absolute Gasteiger partial charge is 0.398 e. The lowest BCUT2D eigenvalue weighted by Crippen LogP contribution is -2.13. The number of nitrogens with one attached hydrogen (secondary N) is 1. The number of nitrogens with two attached hydrogens (primary N) is 1. The van der Waals surface area contributed by atoms with Gasteiger partial charge in [0.1, 0.15) is 4.90 Å². The Bertz CT molecular complexity index is 659. The highest BCUT2D eigenvalue weighted by Crippen LogP contribution is 2.24. The van der Waals surface area contributed by atoms with Gasteiger partial charge in [0.2, 0.25) is 0 Å². The Morgan fingerprint density at radius 3 is 2.67 bits per heavy atom. The number of halogens is 1. The summed E-state index contributed by atoms with van der Waals surface area (Å²) in [6.07, 6.45) is 2.76. The van der Waals surface area contributed by atoms with Gasteiger partial charge in [0.25, 0.3) is 10.0 Å². The lowest BCUT2D eigenvalue weighted by Gasteiger charge is -2.08. The maximum Gasteiger partial charge on any atom is 0.263 e. The Labute approximate surface area is 110 Å². The van der Waals surface area contributed by atoms with Gasteiger partial charge in [0.15, 0.2) is 0 Å². The van der Waals surface area contributed by atoms with Crippen LogP contribution >= 0.6 is 11.6 Å². The number of aromatic nitrogens is 1. The summed E-state index contributed by atoms with van der Waals surface area (Å²) in [5.41, 5.74) is 6.28. The standard InChI is InChI=1S/C11H10ClN3O2S/c12-10-6-8(3-4-11(10)13)15-18(16,17)9-2-1-5-14-7-9/h1-7,15H,13H2. The van der Waals surface area contributed by atoms with E-state index in [9.17, 15) is 8.42 Å². The molecule has 0 bridgehead atoms. The van der Waals surface area contributed by atoms with Crippen molar-refractivity contribution >= 4 is 33.0 Å². The molecule has 3 N–H and O–H groups in total. The fourth-order valence-electron chi connectivity index (χ4n) is 1.31. The van der Waals surface area contributed by atoms with E-state index in [-0.39, 0.29) is 4.90 Å². The average molecular weight is 284 g/mol. The van der Waals surface area contributed by atoms with Gasteiger partial charge in [-0.1, -0.05) is 11.6 Å². The Kier molecular flexibility index (Phi) is 3.40. The predicted molar refractivity (Wildman–Crippen MR) is 70.9 cm³/mol. The van der Waals surface area contributed by atoms with Crippen molar-refractivity contribution in [2.75, 3.05) is 10.5 Å².